The minimum atomic E-state index is 0.196. The molecule has 3 nitrogen and oxygen atoms in total. The second-order valence-corrected chi connectivity index (χ2v) is 4.01. The van der Waals surface area contributed by atoms with Crippen LogP contribution in [-0.4, -0.2) is 42.9 Å². The number of carbonyl (C=O) groups is 1. The maximum atomic E-state index is 11.2. The molecule has 2 fully saturated rings. The van der Waals surface area contributed by atoms with Gasteiger partial charge in [0.1, 0.15) is 5.78 Å². The van der Waals surface area contributed by atoms with Gasteiger partial charge in [-0.05, 0) is 32.9 Å². The molecule has 2 heterocycles. The van der Waals surface area contributed by atoms with Gasteiger partial charge in [0.25, 0.3) is 0 Å². The SMILES string of the molecule is CC(=O)C1CC2CNCC2N1C. The van der Waals surface area contributed by atoms with E-state index in [4.69, 9.17) is 0 Å². The van der Waals surface area contributed by atoms with E-state index in [0.717, 1.165) is 19.5 Å². The topological polar surface area (TPSA) is 32.3 Å². The predicted octanol–water partition coefficient (Wildman–Crippen LogP) is -0.132. The van der Waals surface area contributed by atoms with E-state index in [1.54, 1.807) is 6.92 Å². The van der Waals surface area contributed by atoms with Crippen molar-refractivity contribution >= 4 is 5.78 Å². The first-order valence-electron chi connectivity index (χ1n) is 4.63. The summed E-state index contributed by atoms with van der Waals surface area (Å²) >= 11 is 0. The van der Waals surface area contributed by atoms with E-state index in [0.29, 0.717) is 17.7 Å². The van der Waals surface area contributed by atoms with Crippen LogP contribution in [0, 0.1) is 5.92 Å². The third kappa shape index (κ3) is 1.08. The first-order chi connectivity index (χ1) is 5.70. The van der Waals surface area contributed by atoms with Gasteiger partial charge in [-0.3, -0.25) is 9.69 Å². The normalized spacial score (nSPS) is 41.7. The van der Waals surface area contributed by atoms with Crippen LogP contribution in [0.2, 0.25) is 0 Å². The quantitative estimate of drug-likeness (QED) is 0.592. The number of nitrogens with one attached hydrogen (secondary N) is 1. The van der Waals surface area contributed by atoms with Gasteiger partial charge < -0.3 is 5.32 Å². The zero-order valence-electron chi connectivity index (χ0n) is 7.71. The summed E-state index contributed by atoms with van der Waals surface area (Å²) < 4.78 is 0. The van der Waals surface area contributed by atoms with Gasteiger partial charge in [-0.15, -0.1) is 0 Å². The van der Waals surface area contributed by atoms with Crippen LogP contribution in [0.4, 0.5) is 0 Å². The molecule has 1 N–H and O–H groups in total. The highest BCUT2D eigenvalue weighted by Gasteiger charge is 2.42. The fraction of sp³-hybridized carbons (Fsp3) is 0.889. The first kappa shape index (κ1) is 8.20. The number of likely N-dealkylation sites (N-methyl/N-ethyl adjacent to an activating group) is 1. The maximum absolute atomic E-state index is 11.2. The molecule has 3 atom stereocenters. The lowest BCUT2D eigenvalue weighted by Gasteiger charge is -2.22. The van der Waals surface area contributed by atoms with E-state index in [-0.39, 0.29) is 6.04 Å². The summed E-state index contributed by atoms with van der Waals surface area (Å²) in [5, 5.41) is 3.36. The molecular formula is C9H16N2O. The van der Waals surface area contributed by atoms with Crippen LogP contribution in [0.15, 0.2) is 0 Å². The minimum Gasteiger partial charge on any atom is -0.315 e. The number of hydrogen-bond acceptors (Lipinski definition) is 3. The fourth-order valence-electron chi connectivity index (χ4n) is 2.57. The molecule has 2 aliphatic heterocycles. The molecule has 0 spiro atoms. The fourth-order valence-corrected chi connectivity index (χ4v) is 2.57. The molecule has 68 valence electrons. The zero-order chi connectivity index (χ0) is 8.72. The molecule has 2 aliphatic rings. The number of nitrogens with zero attached hydrogens (tertiary/aromatic N) is 1. The first-order valence-corrected chi connectivity index (χ1v) is 4.63. The molecular weight excluding hydrogens is 152 g/mol. The Morgan fingerprint density at radius 2 is 2.25 bits per heavy atom. The van der Waals surface area contributed by atoms with E-state index >= 15 is 0 Å². The molecule has 2 rings (SSSR count). The molecule has 0 aromatic heterocycles. The average Bonchev–Trinajstić information content (AvgIpc) is 2.53. The van der Waals surface area contributed by atoms with Crippen molar-refractivity contribution in [1.82, 2.24) is 10.2 Å². The van der Waals surface area contributed by atoms with Crippen molar-refractivity contribution in [3.8, 4) is 0 Å². The third-order valence-electron chi connectivity index (χ3n) is 3.31. The van der Waals surface area contributed by atoms with Gasteiger partial charge in [0.2, 0.25) is 0 Å². The van der Waals surface area contributed by atoms with Gasteiger partial charge >= 0.3 is 0 Å². The van der Waals surface area contributed by atoms with Crippen molar-refractivity contribution in [2.75, 3.05) is 20.1 Å². The molecule has 0 radical (unpaired) electrons. The molecule has 0 aliphatic carbocycles. The van der Waals surface area contributed by atoms with Crippen LogP contribution in [-0.2, 0) is 4.79 Å². The number of hydrogen-bond donors (Lipinski definition) is 1. The van der Waals surface area contributed by atoms with Crippen LogP contribution in [0.3, 0.4) is 0 Å². The molecule has 0 saturated carbocycles. The van der Waals surface area contributed by atoms with Gasteiger partial charge in [-0.2, -0.15) is 0 Å². The van der Waals surface area contributed by atoms with Crippen LogP contribution < -0.4 is 5.32 Å². The summed E-state index contributed by atoms with van der Waals surface area (Å²) in [4.78, 5) is 13.5. The Kier molecular flexibility index (Phi) is 1.93. The Labute approximate surface area is 73.1 Å². The standard InChI is InChI=1S/C9H16N2O/c1-6(12)8-3-7-4-10-5-9(7)11(8)2/h7-10H,3-5H2,1-2H3. The molecule has 0 aromatic carbocycles. The van der Waals surface area contributed by atoms with Crippen LogP contribution >= 0.6 is 0 Å². The highest BCUT2D eigenvalue weighted by atomic mass is 16.1. The van der Waals surface area contributed by atoms with Crippen molar-refractivity contribution < 1.29 is 4.79 Å². The van der Waals surface area contributed by atoms with Gasteiger partial charge in [-0.1, -0.05) is 0 Å². The summed E-state index contributed by atoms with van der Waals surface area (Å²) in [5.74, 6) is 1.04. The lowest BCUT2D eigenvalue weighted by atomic mass is 10.0. The second-order valence-electron chi connectivity index (χ2n) is 4.01. The maximum Gasteiger partial charge on any atom is 0.146 e. The van der Waals surface area contributed by atoms with Gasteiger partial charge in [0, 0.05) is 12.6 Å². The predicted molar refractivity (Wildman–Crippen MR) is 47.0 cm³/mol. The second kappa shape index (κ2) is 2.82. The Bertz CT molecular complexity index is 205. The molecule has 2 saturated heterocycles. The largest absolute Gasteiger partial charge is 0.315 e. The molecule has 0 aromatic rings. The number of Topliss-reactive ketones (excluding diaryl/α,β-unsaturated/α-hetero) is 1. The van der Waals surface area contributed by atoms with E-state index in [9.17, 15) is 4.79 Å². The molecule has 0 amide bonds. The summed E-state index contributed by atoms with van der Waals surface area (Å²) in [5.41, 5.74) is 0. The minimum absolute atomic E-state index is 0.196. The summed E-state index contributed by atoms with van der Waals surface area (Å²) in [6, 6.07) is 0.806. The van der Waals surface area contributed by atoms with Gasteiger partial charge in [0.05, 0.1) is 6.04 Å². The lowest BCUT2D eigenvalue weighted by Crippen LogP contribution is -2.39. The molecule has 3 heteroatoms. The number of fused-ring (bicyclic) bond motifs is 1. The van der Waals surface area contributed by atoms with Crippen molar-refractivity contribution in [2.45, 2.75) is 25.4 Å². The lowest BCUT2D eigenvalue weighted by molar-refractivity contribution is -0.121. The van der Waals surface area contributed by atoms with E-state index in [2.05, 4.69) is 17.3 Å². The van der Waals surface area contributed by atoms with Crippen molar-refractivity contribution in [2.24, 2.45) is 5.92 Å². The average molecular weight is 168 g/mol. The van der Waals surface area contributed by atoms with E-state index in [1.807, 2.05) is 0 Å². The Morgan fingerprint density at radius 1 is 1.50 bits per heavy atom. The number of likely N-dealkylation sites (tertiary alicyclic amines) is 1. The summed E-state index contributed by atoms with van der Waals surface area (Å²) in [7, 11) is 2.07. The highest BCUT2D eigenvalue weighted by molar-refractivity contribution is 5.81. The third-order valence-corrected chi connectivity index (χ3v) is 3.31. The van der Waals surface area contributed by atoms with Crippen LogP contribution in [0.25, 0.3) is 0 Å². The van der Waals surface area contributed by atoms with E-state index in [1.165, 1.54) is 0 Å². The number of ketones is 1. The number of carbonyl (C=O) groups excluding carboxylic acids is 1. The van der Waals surface area contributed by atoms with Crippen molar-refractivity contribution in [1.29, 1.82) is 0 Å². The highest BCUT2D eigenvalue weighted by Crippen LogP contribution is 2.30. The van der Waals surface area contributed by atoms with Gasteiger partial charge in [-0.25, -0.2) is 0 Å². The number of rotatable bonds is 1. The molecule has 3 unspecified atom stereocenters. The summed E-state index contributed by atoms with van der Waals surface area (Å²) in [6.07, 6.45) is 1.06. The smallest absolute Gasteiger partial charge is 0.146 e. The molecule has 0 bridgehead atoms. The van der Waals surface area contributed by atoms with Crippen LogP contribution in [0.1, 0.15) is 13.3 Å². The van der Waals surface area contributed by atoms with Crippen molar-refractivity contribution in [3.05, 3.63) is 0 Å². The zero-order valence-corrected chi connectivity index (χ0v) is 7.71. The van der Waals surface area contributed by atoms with Crippen molar-refractivity contribution in [3.63, 3.8) is 0 Å². The molecule has 12 heavy (non-hydrogen) atoms. The van der Waals surface area contributed by atoms with Gasteiger partial charge in [0.15, 0.2) is 0 Å². The summed E-state index contributed by atoms with van der Waals surface area (Å²) in [6.45, 7) is 3.86. The Morgan fingerprint density at radius 3 is 2.83 bits per heavy atom. The Hall–Kier alpha value is -0.410. The Balaban J connectivity index is 2.10. The van der Waals surface area contributed by atoms with E-state index < -0.39 is 0 Å². The van der Waals surface area contributed by atoms with Crippen LogP contribution in [0.5, 0.6) is 0 Å². The monoisotopic (exact) mass is 168 g/mol.